The molecule has 0 spiro atoms. The lowest BCUT2D eigenvalue weighted by Gasteiger charge is -2.09. The maximum absolute atomic E-state index is 12.5. The summed E-state index contributed by atoms with van der Waals surface area (Å²) in [4.78, 5) is 15.1. The van der Waals surface area contributed by atoms with E-state index in [9.17, 15) is 18.0 Å². The number of rotatable bonds is 4. The fourth-order valence-corrected chi connectivity index (χ4v) is 1.82. The summed E-state index contributed by atoms with van der Waals surface area (Å²) in [7, 11) is 0. The predicted octanol–water partition coefficient (Wildman–Crippen LogP) is 4.27. The van der Waals surface area contributed by atoms with Crippen LogP contribution in [0.1, 0.15) is 23.6 Å². The molecule has 2 rings (SSSR count). The highest BCUT2D eigenvalue weighted by Crippen LogP contribution is 2.31. The molecule has 0 aliphatic carbocycles. The van der Waals surface area contributed by atoms with Gasteiger partial charge in [-0.05, 0) is 42.5 Å². The SMILES string of the molecule is CC(=O)ON=Cc1cc(Oc2ccc(C(F)(F)F)cc2)ccc1C#N. The molecule has 0 heterocycles. The molecule has 2 aromatic carbocycles. The first-order valence-corrected chi connectivity index (χ1v) is 6.90. The van der Waals surface area contributed by atoms with Crippen molar-refractivity contribution in [2.45, 2.75) is 13.1 Å². The van der Waals surface area contributed by atoms with Crippen molar-refractivity contribution in [3.05, 3.63) is 59.2 Å². The Bertz CT molecular complexity index is 838. The smallest absolute Gasteiger partial charge is 0.416 e. The summed E-state index contributed by atoms with van der Waals surface area (Å²) < 4.78 is 43.1. The van der Waals surface area contributed by atoms with Gasteiger partial charge in [-0.3, -0.25) is 0 Å². The average molecular weight is 348 g/mol. The number of halogens is 3. The van der Waals surface area contributed by atoms with E-state index < -0.39 is 17.7 Å². The Kier molecular flexibility index (Phi) is 5.39. The molecule has 0 atom stereocenters. The maximum Gasteiger partial charge on any atom is 0.416 e. The van der Waals surface area contributed by atoms with Crippen molar-refractivity contribution < 1.29 is 27.5 Å². The number of alkyl halides is 3. The van der Waals surface area contributed by atoms with Gasteiger partial charge in [0.1, 0.15) is 11.5 Å². The van der Waals surface area contributed by atoms with E-state index in [1.807, 2.05) is 6.07 Å². The van der Waals surface area contributed by atoms with Gasteiger partial charge in [0, 0.05) is 12.5 Å². The minimum Gasteiger partial charge on any atom is -0.457 e. The fourth-order valence-electron chi connectivity index (χ4n) is 1.82. The van der Waals surface area contributed by atoms with E-state index in [2.05, 4.69) is 9.99 Å². The van der Waals surface area contributed by atoms with E-state index in [0.717, 1.165) is 12.1 Å². The highest BCUT2D eigenvalue weighted by molar-refractivity contribution is 5.84. The number of nitriles is 1. The van der Waals surface area contributed by atoms with Gasteiger partial charge in [0.15, 0.2) is 0 Å². The van der Waals surface area contributed by atoms with Gasteiger partial charge in [-0.15, -0.1) is 0 Å². The van der Waals surface area contributed by atoms with Crippen LogP contribution in [-0.2, 0) is 15.8 Å². The lowest BCUT2D eigenvalue weighted by molar-refractivity contribution is -0.141. The minimum atomic E-state index is -4.42. The van der Waals surface area contributed by atoms with Gasteiger partial charge in [0.05, 0.1) is 23.4 Å². The topological polar surface area (TPSA) is 71.7 Å². The molecule has 25 heavy (non-hydrogen) atoms. The molecule has 0 amide bonds. The molecule has 0 saturated heterocycles. The van der Waals surface area contributed by atoms with Crippen molar-refractivity contribution in [2.75, 3.05) is 0 Å². The van der Waals surface area contributed by atoms with Gasteiger partial charge in [-0.1, -0.05) is 5.16 Å². The van der Waals surface area contributed by atoms with Gasteiger partial charge in [0.25, 0.3) is 0 Å². The van der Waals surface area contributed by atoms with Crippen LogP contribution < -0.4 is 4.74 Å². The lowest BCUT2D eigenvalue weighted by atomic mass is 10.1. The van der Waals surface area contributed by atoms with Gasteiger partial charge in [-0.2, -0.15) is 18.4 Å². The quantitative estimate of drug-likeness (QED) is 0.470. The van der Waals surface area contributed by atoms with Crippen molar-refractivity contribution in [3.8, 4) is 17.6 Å². The molecule has 0 radical (unpaired) electrons. The molecule has 0 aromatic heterocycles. The van der Waals surface area contributed by atoms with Crippen LogP contribution in [0.2, 0.25) is 0 Å². The molecular formula is C17H11F3N2O3. The van der Waals surface area contributed by atoms with Crippen molar-refractivity contribution >= 4 is 12.2 Å². The molecule has 0 aliphatic rings. The van der Waals surface area contributed by atoms with Crippen LogP contribution in [-0.4, -0.2) is 12.2 Å². The first-order valence-electron chi connectivity index (χ1n) is 6.90. The third-order valence-electron chi connectivity index (χ3n) is 2.93. The second-order valence-electron chi connectivity index (χ2n) is 4.80. The zero-order valence-corrected chi connectivity index (χ0v) is 12.9. The van der Waals surface area contributed by atoms with Gasteiger partial charge < -0.3 is 9.57 Å². The number of benzene rings is 2. The largest absolute Gasteiger partial charge is 0.457 e. The molecule has 0 unspecified atom stereocenters. The Balaban J connectivity index is 2.21. The number of nitrogens with zero attached hydrogens (tertiary/aromatic N) is 2. The van der Waals surface area contributed by atoms with Crippen LogP contribution in [0.4, 0.5) is 13.2 Å². The Morgan fingerprint density at radius 1 is 1.16 bits per heavy atom. The van der Waals surface area contributed by atoms with E-state index >= 15 is 0 Å². The summed E-state index contributed by atoms with van der Waals surface area (Å²) in [6.45, 7) is 1.17. The van der Waals surface area contributed by atoms with Crippen LogP contribution in [0.5, 0.6) is 11.5 Å². The van der Waals surface area contributed by atoms with Crippen LogP contribution in [0.3, 0.4) is 0 Å². The molecule has 0 fully saturated rings. The number of oxime groups is 1. The van der Waals surface area contributed by atoms with Crippen molar-refractivity contribution in [1.29, 1.82) is 5.26 Å². The van der Waals surface area contributed by atoms with Gasteiger partial charge in [-0.25, -0.2) is 4.79 Å². The first kappa shape index (κ1) is 18.0. The van der Waals surface area contributed by atoms with E-state index in [1.165, 1.54) is 43.5 Å². The van der Waals surface area contributed by atoms with Gasteiger partial charge in [0.2, 0.25) is 0 Å². The highest BCUT2D eigenvalue weighted by atomic mass is 19.4. The molecule has 0 saturated carbocycles. The molecular weight excluding hydrogens is 337 g/mol. The third-order valence-corrected chi connectivity index (χ3v) is 2.93. The predicted molar refractivity (Wildman–Crippen MR) is 82.0 cm³/mol. The van der Waals surface area contributed by atoms with E-state index in [-0.39, 0.29) is 17.1 Å². The normalized spacial score (nSPS) is 11.2. The maximum atomic E-state index is 12.5. The highest BCUT2D eigenvalue weighted by Gasteiger charge is 2.30. The summed E-state index contributed by atoms with van der Waals surface area (Å²) in [5.74, 6) is -0.143. The van der Waals surface area contributed by atoms with Crippen molar-refractivity contribution in [2.24, 2.45) is 5.16 Å². The summed E-state index contributed by atoms with van der Waals surface area (Å²) in [5.41, 5.74) is -0.197. The lowest BCUT2D eigenvalue weighted by Crippen LogP contribution is -2.04. The molecule has 0 N–H and O–H groups in total. The average Bonchev–Trinajstić information content (AvgIpc) is 2.54. The Labute approximate surface area is 140 Å². The summed E-state index contributed by atoms with van der Waals surface area (Å²) in [6, 6.07) is 10.5. The van der Waals surface area contributed by atoms with Crippen LogP contribution in [0.25, 0.3) is 0 Å². The zero-order valence-electron chi connectivity index (χ0n) is 12.9. The third kappa shape index (κ3) is 5.07. The Morgan fingerprint density at radius 2 is 1.80 bits per heavy atom. The number of carbonyl (C=O) groups is 1. The molecule has 0 aliphatic heterocycles. The number of hydrogen-bond donors (Lipinski definition) is 0. The van der Waals surface area contributed by atoms with E-state index in [4.69, 9.17) is 10.00 Å². The Hall–Kier alpha value is -3.34. The van der Waals surface area contributed by atoms with Crippen LogP contribution in [0, 0.1) is 11.3 Å². The first-order chi connectivity index (χ1) is 11.8. The summed E-state index contributed by atoms with van der Waals surface area (Å²) in [5, 5.41) is 12.5. The number of carbonyl (C=O) groups excluding carboxylic acids is 1. The molecule has 8 heteroatoms. The number of ether oxygens (including phenoxy) is 1. The van der Waals surface area contributed by atoms with E-state index in [0.29, 0.717) is 5.56 Å². The molecule has 128 valence electrons. The minimum absolute atomic E-state index is 0.195. The zero-order chi connectivity index (χ0) is 18.4. The second-order valence-corrected chi connectivity index (χ2v) is 4.80. The van der Waals surface area contributed by atoms with Crippen LogP contribution in [0.15, 0.2) is 47.6 Å². The summed E-state index contributed by atoms with van der Waals surface area (Å²) in [6.07, 6.45) is -3.26. The van der Waals surface area contributed by atoms with Gasteiger partial charge >= 0.3 is 12.1 Å². The van der Waals surface area contributed by atoms with Crippen LogP contribution >= 0.6 is 0 Å². The monoisotopic (exact) mass is 348 g/mol. The Morgan fingerprint density at radius 3 is 2.36 bits per heavy atom. The number of hydrogen-bond acceptors (Lipinski definition) is 5. The molecule has 0 bridgehead atoms. The second kappa shape index (κ2) is 7.49. The molecule has 2 aromatic rings. The standard InChI is InChI=1S/C17H11F3N2O3/c1-11(23)25-22-10-13-8-16(5-2-12(13)9-21)24-15-6-3-14(4-7-15)17(18,19)20/h2-8,10H,1H3. The molecule has 5 nitrogen and oxygen atoms in total. The fraction of sp³-hybridized carbons (Fsp3) is 0.118. The van der Waals surface area contributed by atoms with Crippen molar-refractivity contribution in [3.63, 3.8) is 0 Å². The summed E-state index contributed by atoms with van der Waals surface area (Å²) >= 11 is 0. The van der Waals surface area contributed by atoms with Crippen molar-refractivity contribution in [1.82, 2.24) is 0 Å². The van der Waals surface area contributed by atoms with E-state index in [1.54, 1.807) is 0 Å².